The Bertz CT molecular complexity index is 1050. The van der Waals surface area contributed by atoms with Crippen LogP contribution < -0.4 is 15.2 Å². The van der Waals surface area contributed by atoms with Gasteiger partial charge in [-0.1, -0.05) is 6.07 Å². The van der Waals surface area contributed by atoms with Gasteiger partial charge in [0.2, 0.25) is 21.8 Å². The summed E-state index contributed by atoms with van der Waals surface area (Å²) < 4.78 is 106. The lowest BCUT2D eigenvalue weighted by Crippen LogP contribution is -2.25. The Hall–Kier alpha value is -3.01. The summed E-state index contributed by atoms with van der Waals surface area (Å²) in [5.41, 5.74) is -3.14. The number of alkyl halides is 6. The molecule has 0 atom stereocenters. The number of hydrogen-bond acceptors (Lipinski definition) is 7. The lowest BCUT2D eigenvalue weighted by Gasteiger charge is -2.16. The van der Waals surface area contributed by atoms with Gasteiger partial charge in [0.1, 0.15) is 0 Å². The summed E-state index contributed by atoms with van der Waals surface area (Å²) in [5.74, 6) is -4.51. The number of ether oxygens (including phenoxy) is 1. The van der Waals surface area contributed by atoms with Gasteiger partial charge >= 0.3 is 18.4 Å². The fraction of sp³-hybridized carbons (Fsp3) is 0.231. The molecule has 158 valence electrons. The van der Waals surface area contributed by atoms with E-state index in [1.54, 1.807) is 5.32 Å². The second kappa shape index (κ2) is 7.43. The van der Waals surface area contributed by atoms with Gasteiger partial charge in [-0.15, -0.1) is 0 Å². The van der Waals surface area contributed by atoms with Crippen LogP contribution in [0.2, 0.25) is 0 Å². The van der Waals surface area contributed by atoms with Crippen LogP contribution in [0.25, 0.3) is 0 Å². The molecule has 0 fully saturated rings. The zero-order valence-electron chi connectivity index (χ0n) is 14.0. The lowest BCUT2D eigenvalue weighted by atomic mass is 10.1. The number of nitrogens with two attached hydrogens (primary N) is 1. The van der Waals surface area contributed by atoms with Gasteiger partial charge in [-0.2, -0.15) is 41.3 Å². The van der Waals surface area contributed by atoms with E-state index in [2.05, 4.69) is 19.7 Å². The highest BCUT2D eigenvalue weighted by Crippen LogP contribution is 2.36. The highest BCUT2D eigenvalue weighted by Gasteiger charge is 2.41. The predicted molar refractivity (Wildman–Crippen MR) is 82.2 cm³/mol. The molecule has 0 aliphatic rings. The minimum Gasteiger partial charge on any atom is -0.467 e. The first-order valence-corrected chi connectivity index (χ1v) is 8.61. The maximum Gasteiger partial charge on any atom is 0.451 e. The number of anilines is 1. The smallest absolute Gasteiger partial charge is 0.451 e. The zero-order chi connectivity index (χ0) is 22.2. The van der Waals surface area contributed by atoms with Crippen molar-refractivity contribution in [3.8, 4) is 6.01 Å². The Labute approximate surface area is 158 Å². The quantitative estimate of drug-likeness (QED) is 0.685. The van der Waals surface area contributed by atoms with E-state index in [1.807, 2.05) is 0 Å². The number of rotatable bonds is 4. The SMILES string of the molecule is COc1nc(NC(=O)c2cccc(S(N)(=O)=O)c2C(F)(F)F)nc(C(F)(F)F)n1. The molecule has 1 heterocycles. The minimum atomic E-state index is -5.34. The van der Waals surface area contributed by atoms with Crippen molar-refractivity contribution in [1.82, 2.24) is 15.0 Å². The second-order valence-electron chi connectivity index (χ2n) is 5.14. The third-order valence-corrected chi connectivity index (χ3v) is 4.09. The number of primary sulfonamides is 1. The average Bonchev–Trinajstić information content (AvgIpc) is 2.58. The molecule has 1 amide bonds. The van der Waals surface area contributed by atoms with Crippen LogP contribution in [0.5, 0.6) is 6.01 Å². The van der Waals surface area contributed by atoms with Crippen LogP contribution in [0, 0.1) is 0 Å². The van der Waals surface area contributed by atoms with E-state index in [-0.39, 0.29) is 0 Å². The number of amides is 1. The Kier molecular flexibility index (Phi) is 5.71. The molecular formula is C13H9F6N5O4S. The van der Waals surface area contributed by atoms with Crippen LogP contribution in [0.4, 0.5) is 32.3 Å². The molecular weight excluding hydrogens is 436 g/mol. The first kappa shape index (κ1) is 22.3. The van der Waals surface area contributed by atoms with E-state index in [1.165, 1.54) is 0 Å². The second-order valence-corrected chi connectivity index (χ2v) is 6.67. The molecule has 2 aromatic rings. The molecule has 2 rings (SSSR count). The number of aromatic nitrogens is 3. The van der Waals surface area contributed by atoms with Crippen LogP contribution in [0.15, 0.2) is 23.1 Å². The summed E-state index contributed by atoms with van der Waals surface area (Å²) in [6.07, 6.45) is -10.4. The Balaban J connectivity index is 2.58. The van der Waals surface area contributed by atoms with Crippen LogP contribution in [0.1, 0.15) is 21.7 Å². The molecule has 0 spiro atoms. The summed E-state index contributed by atoms with van der Waals surface area (Å²) in [5, 5.41) is 6.37. The van der Waals surface area contributed by atoms with Crippen LogP contribution >= 0.6 is 0 Å². The molecule has 0 saturated carbocycles. The van der Waals surface area contributed by atoms with E-state index in [9.17, 15) is 39.6 Å². The number of hydrogen-bond donors (Lipinski definition) is 2. The predicted octanol–water partition coefficient (Wildman–Crippen LogP) is 1.82. The molecule has 29 heavy (non-hydrogen) atoms. The zero-order valence-corrected chi connectivity index (χ0v) is 14.8. The van der Waals surface area contributed by atoms with Gasteiger partial charge in [-0.05, 0) is 12.1 Å². The highest BCUT2D eigenvalue weighted by molar-refractivity contribution is 7.89. The first-order chi connectivity index (χ1) is 13.1. The molecule has 0 saturated heterocycles. The molecule has 0 unspecified atom stereocenters. The number of carbonyl (C=O) groups excluding carboxylic acids is 1. The standard InChI is InChI=1S/C13H9F6N5O4S/c1-28-11-23-9(13(17,18)19)22-10(24-11)21-8(25)5-3-2-4-6(29(20,26)27)7(5)12(14,15)16/h2-4H,1H3,(H2,20,26,27)(H,21,22,23,24,25). The molecule has 0 aliphatic heterocycles. The van der Waals surface area contributed by atoms with Gasteiger partial charge in [0.05, 0.1) is 23.1 Å². The third-order valence-electron chi connectivity index (χ3n) is 3.14. The van der Waals surface area contributed by atoms with Crippen molar-refractivity contribution in [2.24, 2.45) is 5.14 Å². The largest absolute Gasteiger partial charge is 0.467 e. The van der Waals surface area contributed by atoms with Gasteiger partial charge in [0.25, 0.3) is 5.91 Å². The molecule has 3 N–H and O–H groups in total. The topological polar surface area (TPSA) is 137 Å². The lowest BCUT2D eigenvalue weighted by molar-refractivity contribution is -0.145. The molecule has 0 bridgehead atoms. The Morgan fingerprint density at radius 3 is 2.17 bits per heavy atom. The van der Waals surface area contributed by atoms with E-state index in [4.69, 9.17) is 5.14 Å². The van der Waals surface area contributed by atoms with Crippen molar-refractivity contribution in [3.63, 3.8) is 0 Å². The summed E-state index contributed by atoms with van der Waals surface area (Å²) in [6.45, 7) is 0. The number of halogens is 6. The van der Waals surface area contributed by atoms with Gasteiger partial charge in [0, 0.05) is 0 Å². The Morgan fingerprint density at radius 1 is 1.07 bits per heavy atom. The van der Waals surface area contributed by atoms with Gasteiger partial charge in [0.15, 0.2) is 0 Å². The molecule has 0 radical (unpaired) electrons. The molecule has 9 nitrogen and oxygen atoms in total. The monoisotopic (exact) mass is 445 g/mol. The van der Waals surface area contributed by atoms with Crippen molar-refractivity contribution in [2.75, 3.05) is 12.4 Å². The maximum absolute atomic E-state index is 13.4. The van der Waals surface area contributed by atoms with Crippen LogP contribution in [0.3, 0.4) is 0 Å². The fourth-order valence-electron chi connectivity index (χ4n) is 2.05. The van der Waals surface area contributed by atoms with Gasteiger partial charge in [-0.3, -0.25) is 10.1 Å². The third kappa shape index (κ3) is 5.08. The summed E-state index contributed by atoms with van der Waals surface area (Å²) in [4.78, 5) is 20.0. The van der Waals surface area contributed by atoms with E-state index in [0.717, 1.165) is 13.2 Å². The Morgan fingerprint density at radius 2 is 1.69 bits per heavy atom. The summed E-state index contributed by atoms with van der Waals surface area (Å²) >= 11 is 0. The van der Waals surface area contributed by atoms with E-state index < -0.39 is 62.1 Å². The highest BCUT2D eigenvalue weighted by atomic mass is 32.2. The molecule has 16 heteroatoms. The van der Waals surface area contributed by atoms with E-state index in [0.29, 0.717) is 12.1 Å². The summed E-state index contributed by atoms with van der Waals surface area (Å²) in [7, 11) is -3.99. The van der Waals surface area contributed by atoms with Crippen molar-refractivity contribution in [3.05, 3.63) is 35.2 Å². The van der Waals surface area contributed by atoms with Gasteiger partial charge < -0.3 is 4.74 Å². The van der Waals surface area contributed by atoms with Crippen LogP contribution in [-0.4, -0.2) is 36.4 Å². The molecule has 1 aromatic carbocycles. The van der Waals surface area contributed by atoms with Crippen molar-refractivity contribution < 1.29 is 44.3 Å². The number of carbonyl (C=O) groups is 1. The fourth-order valence-corrected chi connectivity index (χ4v) is 2.83. The number of methoxy groups -OCH3 is 1. The van der Waals surface area contributed by atoms with Crippen molar-refractivity contribution in [2.45, 2.75) is 17.2 Å². The first-order valence-electron chi connectivity index (χ1n) is 7.06. The number of nitrogens with zero attached hydrogens (tertiary/aromatic N) is 3. The van der Waals surface area contributed by atoms with Crippen molar-refractivity contribution in [1.29, 1.82) is 0 Å². The van der Waals surface area contributed by atoms with Crippen LogP contribution in [-0.2, 0) is 22.4 Å². The maximum atomic E-state index is 13.4. The van der Waals surface area contributed by atoms with Crippen molar-refractivity contribution >= 4 is 21.9 Å². The van der Waals surface area contributed by atoms with Gasteiger partial charge in [-0.25, -0.2) is 13.6 Å². The molecule has 1 aromatic heterocycles. The normalized spacial score (nSPS) is 12.6. The number of benzene rings is 1. The van der Waals surface area contributed by atoms with E-state index >= 15 is 0 Å². The summed E-state index contributed by atoms with van der Waals surface area (Å²) in [6, 6.07) is 1.02. The number of nitrogens with one attached hydrogen (secondary N) is 1. The average molecular weight is 445 g/mol. The number of sulfonamides is 1. The molecule has 0 aliphatic carbocycles. The minimum absolute atomic E-state index is 0.517.